The second-order valence-electron chi connectivity index (χ2n) is 3.17. The van der Waals surface area contributed by atoms with Crippen LogP contribution in [0, 0.1) is 0 Å². The maximum Gasteiger partial charge on any atom is 0.142 e. The zero-order chi connectivity index (χ0) is 8.44. The summed E-state index contributed by atoms with van der Waals surface area (Å²) in [5.74, 6) is 0. The van der Waals surface area contributed by atoms with Crippen molar-refractivity contribution >= 4 is 0 Å². The molecule has 1 aromatic rings. The van der Waals surface area contributed by atoms with Gasteiger partial charge in [0.1, 0.15) is 5.72 Å². The topological polar surface area (TPSA) is 21.3 Å². The molecule has 1 aromatic carbocycles. The molecule has 0 aliphatic carbocycles. The molecule has 1 saturated heterocycles. The largest absolute Gasteiger partial charge is 0.355 e. The summed E-state index contributed by atoms with van der Waals surface area (Å²) in [5.41, 5.74) is 0.934. The van der Waals surface area contributed by atoms with Crippen molar-refractivity contribution < 1.29 is 4.74 Å². The van der Waals surface area contributed by atoms with E-state index in [2.05, 4.69) is 24.4 Å². The van der Waals surface area contributed by atoms with Gasteiger partial charge in [0.15, 0.2) is 0 Å². The number of rotatable bonds is 1. The Bertz CT molecular complexity index is 252. The van der Waals surface area contributed by atoms with Crippen molar-refractivity contribution in [1.29, 1.82) is 0 Å². The van der Waals surface area contributed by atoms with Crippen LogP contribution < -0.4 is 5.32 Å². The third kappa shape index (κ3) is 1.24. The standard InChI is InChI=1S/C10H13NO/c1-10(11-7-8-12-10)9-5-3-2-4-6-9/h2-6,11H,7-8H2,1H3/t10-/m0/s1. The number of hydrogen-bond acceptors (Lipinski definition) is 2. The molecule has 1 fully saturated rings. The van der Waals surface area contributed by atoms with E-state index in [9.17, 15) is 0 Å². The molecule has 0 aromatic heterocycles. The van der Waals surface area contributed by atoms with E-state index in [0.29, 0.717) is 0 Å². The summed E-state index contributed by atoms with van der Waals surface area (Å²) >= 11 is 0. The highest BCUT2D eigenvalue weighted by Crippen LogP contribution is 2.24. The number of benzene rings is 1. The Morgan fingerprint density at radius 1 is 1.33 bits per heavy atom. The number of hydrogen-bond donors (Lipinski definition) is 1. The lowest BCUT2D eigenvalue weighted by Gasteiger charge is -2.23. The van der Waals surface area contributed by atoms with Gasteiger partial charge in [-0.2, -0.15) is 0 Å². The van der Waals surface area contributed by atoms with E-state index in [1.54, 1.807) is 0 Å². The summed E-state index contributed by atoms with van der Waals surface area (Å²) in [6, 6.07) is 10.2. The van der Waals surface area contributed by atoms with Crippen LogP contribution >= 0.6 is 0 Å². The summed E-state index contributed by atoms with van der Waals surface area (Å²) in [5, 5.41) is 3.33. The van der Waals surface area contributed by atoms with Gasteiger partial charge < -0.3 is 4.74 Å². The Kier molecular flexibility index (Phi) is 1.87. The molecular weight excluding hydrogens is 150 g/mol. The molecule has 1 aliphatic heterocycles. The monoisotopic (exact) mass is 163 g/mol. The SMILES string of the molecule is C[C@]1(c2ccccc2)NCCO1. The van der Waals surface area contributed by atoms with E-state index < -0.39 is 0 Å². The normalized spacial score (nSPS) is 29.1. The van der Waals surface area contributed by atoms with E-state index in [4.69, 9.17) is 4.74 Å². The molecule has 1 heterocycles. The molecule has 0 spiro atoms. The molecule has 2 nitrogen and oxygen atoms in total. The van der Waals surface area contributed by atoms with Gasteiger partial charge in [0.25, 0.3) is 0 Å². The van der Waals surface area contributed by atoms with Crippen molar-refractivity contribution in [1.82, 2.24) is 5.32 Å². The van der Waals surface area contributed by atoms with E-state index in [0.717, 1.165) is 13.2 Å². The van der Waals surface area contributed by atoms with E-state index in [1.807, 2.05) is 18.2 Å². The van der Waals surface area contributed by atoms with Gasteiger partial charge in [0.2, 0.25) is 0 Å². The fraction of sp³-hybridized carbons (Fsp3) is 0.400. The van der Waals surface area contributed by atoms with E-state index in [1.165, 1.54) is 5.56 Å². The maximum absolute atomic E-state index is 5.62. The first-order valence-corrected chi connectivity index (χ1v) is 4.26. The zero-order valence-electron chi connectivity index (χ0n) is 7.21. The van der Waals surface area contributed by atoms with Gasteiger partial charge in [-0.25, -0.2) is 0 Å². The maximum atomic E-state index is 5.62. The first kappa shape index (κ1) is 7.77. The third-order valence-electron chi connectivity index (χ3n) is 2.28. The molecule has 0 radical (unpaired) electrons. The highest BCUT2D eigenvalue weighted by atomic mass is 16.5. The fourth-order valence-electron chi connectivity index (χ4n) is 1.54. The molecule has 0 amide bonds. The summed E-state index contributed by atoms with van der Waals surface area (Å²) in [6.07, 6.45) is 0. The molecule has 64 valence electrons. The highest BCUT2D eigenvalue weighted by molar-refractivity contribution is 5.21. The lowest BCUT2D eigenvalue weighted by molar-refractivity contribution is 0.00247. The first-order valence-electron chi connectivity index (χ1n) is 4.26. The van der Waals surface area contributed by atoms with Crippen LogP contribution in [-0.2, 0) is 10.5 Å². The van der Waals surface area contributed by atoms with Crippen molar-refractivity contribution in [2.24, 2.45) is 0 Å². The molecule has 0 saturated carbocycles. The lowest BCUT2D eigenvalue weighted by atomic mass is 10.1. The first-order chi connectivity index (χ1) is 5.81. The molecule has 1 aliphatic rings. The van der Waals surface area contributed by atoms with Gasteiger partial charge in [0, 0.05) is 6.54 Å². The van der Waals surface area contributed by atoms with Gasteiger partial charge >= 0.3 is 0 Å². The second kappa shape index (κ2) is 2.88. The Labute approximate surface area is 72.5 Å². The quantitative estimate of drug-likeness (QED) is 0.677. The minimum absolute atomic E-state index is 0.263. The van der Waals surface area contributed by atoms with Crippen LogP contribution in [0.1, 0.15) is 12.5 Å². The molecule has 2 rings (SSSR count). The number of nitrogens with one attached hydrogen (secondary N) is 1. The van der Waals surface area contributed by atoms with Crippen molar-refractivity contribution in [2.45, 2.75) is 12.6 Å². The van der Waals surface area contributed by atoms with Gasteiger partial charge in [0.05, 0.1) is 6.61 Å². The molecule has 0 unspecified atom stereocenters. The molecule has 1 atom stereocenters. The van der Waals surface area contributed by atoms with Crippen molar-refractivity contribution in [2.75, 3.05) is 13.2 Å². The van der Waals surface area contributed by atoms with Crippen LogP contribution in [0.5, 0.6) is 0 Å². The molecular formula is C10H13NO. The molecule has 2 heteroatoms. The van der Waals surface area contributed by atoms with Crippen LogP contribution in [0.4, 0.5) is 0 Å². The smallest absolute Gasteiger partial charge is 0.142 e. The average molecular weight is 163 g/mol. The minimum atomic E-state index is -0.263. The molecule has 1 N–H and O–H groups in total. The average Bonchev–Trinajstić information content (AvgIpc) is 2.55. The minimum Gasteiger partial charge on any atom is -0.355 e. The van der Waals surface area contributed by atoms with Crippen LogP contribution in [0.2, 0.25) is 0 Å². The third-order valence-corrected chi connectivity index (χ3v) is 2.28. The Hall–Kier alpha value is -0.860. The summed E-state index contributed by atoms with van der Waals surface area (Å²) in [4.78, 5) is 0. The Morgan fingerprint density at radius 3 is 2.67 bits per heavy atom. The van der Waals surface area contributed by atoms with Crippen molar-refractivity contribution in [3.8, 4) is 0 Å². The van der Waals surface area contributed by atoms with E-state index >= 15 is 0 Å². The number of ether oxygens (including phenoxy) is 1. The Balaban J connectivity index is 2.29. The van der Waals surface area contributed by atoms with Crippen LogP contribution in [0.15, 0.2) is 30.3 Å². The predicted molar refractivity (Wildman–Crippen MR) is 47.7 cm³/mol. The van der Waals surface area contributed by atoms with Gasteiger partial charge in [-0.15, -0.1) is 0 Å². The van der Waals surface area contributed by atoms with Crippen LogP contribution in [0.3, 0.4) is 0 Å². The summed E-state index contributed by atoms with van der Waals surface area (Å²) in [7, 11) is 0. The van der Waals surface area contributed by atoms with Crippen molar-refractivity contribution in [3.63, 3.8) is 0 Å². The van der Waals surface area contributed by atoms with Crippen LogP contribution in [-0.4, -0.2) is 13.2 Å². The predicted octanol–water partition coefficient (Wildman–Crippen LogP) is 1.48. The van der Waals surface area contributed by atoms with Gasteiger partial charge in [-0.1, -0.05) is 30.3 Å². The van der Waals surface area contributed by atoms with Gasteiger partial charge in [-0.3, -0.25) is 5.32 Å². The van der Waals surface area contributed by atoms with Gasteiger partial charge in [-0.05, 0) is 12.5 Å². The Morgan fingerprint density at radius 2 is 2.08 bits per heavy atom. The highest BCUT2D eigenvalue weighted by Gasteiger charge is 2.30. The van der Waals surface area contributed by atoms with Crippen molar-refractivity contribution in [3.05, 3.63) is 35.9 Å². The molecule has 12 heavy (non-hydrogen) atoms. The second-order valence-corrected chi connectivity index (χ2v) is 3.17. The van der Waals surface area contributed by atoms with E-state index in [-0.39, 0.29) is 5.72 Å². The van der Waals surface area contributed by atoms with Crippen LogP contribution in [0.25, 0.3) is 0 Å². The molecule has 0 bridgehead atoms. The fourth-order valence-corrected chi connectivity index (χ4v) is 1.54. The summed E-state index contributed by atoms with van der Waals surface area (Å²) in [6.45, 7) is 3.80. The zero-order valence-corrected chi connectivity index (χ0v) is 7.21. The lowest BCUT2D eigenvalue weighted by Crippen LogP contribution is -2.34. The summed E-state index contributed by atoms with van der Waals surface area (Å²) < 4.78 is 5.62.